The molecule has 3 heteroatoms. The van der Waals surface area contributed by atoms with Gasteiger partial charge >= 0.3 is 12.4 Å². The number of hydrogen-bond acceptors (Lipinski definition) is 3. The summed E-state index contributed by atoms with van der Waals surface area (Å²) in [6.07, 6.45) is 4.38. The average molecular weight is 158 g/mol. The van der Waals surface area contributed by atoms with Gasteiger partial charge in [-0.05, 0) is 10.8 Å². The lowest BCUT2D eigenvalue weighted by Gasteiger charge is -2.03. The van der Waals surface area contributed by atoms with Crippen LogP contribution < -0.4 is 0 Å². The Bertz CT molecular complexity index is 291. The van der Waals surface area contributed by atoms with E-state index in [1.165, 1.54) is 5.56 Å². The molecule has 0 fully saturated rings. The van der Waals surface area contributed by atoms with E-state index in [-0.39, 0.29) is 0 Å². The summed E-state index contributed by atoms with van der Waals surface area (Å²) in [4.78, 5) is 0. The van der Waals surface area contributed by atoms with E-state index in [1.807, 2.05) is 18.2 Å². The summed E-state index contributed by atoms with van der Waals surface area (Å²) in [5, 5.41) is 9.17. The number of rotatable bonds is 2. The molecule has 3 nitrogen and oxygen atoms in total. The maximum absolute atomic E-state index is 3.82. The third kappa shape index (κ3) is 1.47. The summed E-state index contributed by atoms with van der Waals surface area (Å²) in [5.74, 6) is 0. The molecule has 0 saturated carbocycles. The van der Waals surface area contributed by atoms with Crippen LogP contribution in [0.25, 0.3) is 0 Å². The highest BCUT2D eigenvalue weighted by molar-refractivity contribution is 5.14. The lowest BCUT2D eigenvalue weighted by molar-refractivity contribution is 0.384. The van der Waals surface area contributed by atoms with Crippen LogP contribution in [0.4, 0.5) is 0 Å². The minimum absolute atomic E-state index is 0.761. The Morgan fingerprint density at radius 2 is 2.08 bits per heavy atom. The van der Waals surface area contributed by atoms with E-state index in [1.54, 1.807) is 11.2 Å². The molecule has 0 N–H and O–H groups in total. The SMILES string of the molecule is [C+]1=CN(Cc2ccccc2)N=N1. The molecule has 1 aliphatic heterocycles. The molecule has 1 aromatic rings. The van der Waals surface area contributed by atoms with Crippen molar-refractivity contribution in [1.82, 2.24) is 5.01 Å². The smallest absolute Gasteiger partial charge is 0.196 e. The molecule has 1 aromatic carbocycles. The van der Waals surface area contributed by atoms with E-state index < -0.39 is 0 Å². The van der Waals surface area contributed by atoms with Gasteiger partial charge in [-0.2, -0.15) is 5.01 Å². The Balaban J connectivity index is 2.04. The third-order valence-electron chi connectivity index (χ3n) is 1.61. The molecular weight excluding hydrogens is 150 g/mol. The fourth-order valence-electron chi connectivity index (χ4n) is 1.05. The molecule has 2 rings (SSSR count). The molecule has 0 radical (unpaired) electrons. The van der Waals surface area contributed by atoms with E-state index in [4.69, 9.17) is 0 Å². The first-order valence-corrected chi connectivity index (χ1v) is 3.75. The van der Waals surface area contributed by atoms with E-state index in [0.29, 0.717) is 0 Å². The van der Waals surface area contributed by atoms with Crippen molar-refractivity contribution in [1.29, 1.82) is 0 Å². The highest BCUT2D eigenvalue weighted by atomic mass is 15.6. The lowest BCUT2D eigenvalue weighted by Crippen LogP contribution is -2.05. The summed E-state index contributed by atoms with van der Waals surface area (Å²) < 4.78 is 0. The quantitative estimate of drug-likeness (QED) is 0.606. The van der Waals surface area contributed by atoms with E-state index in [0.717, 1.165) is 6.54 Å². The monoisotopic (exact) mass is 158 g/mol. The molecule has 12 heavy (non-hydrogen) atoms. The van der Waals surface area contributed by atoms with Gasteiger partial charge in [0.05, 0.1) is 6.54 Å². The van der Waals surface area contributed by atoms with Gasteiger partial charge in [0.15, 0.2) is 0 Å². The Labute approximate surface area is 71.0 Å². The minimum atomic E-state index is 0.761. The maximum Gasteiger partial charge on any atom is 0.445 e. The van der Waals surface area contributed by atoms with Crippen molar-refractivity contribution in [2.24, 2.45) is 10.3 Å². The zero-order valence-electron chi connectivity index (χ0n) is 6.51. The summed E-state index contributed by atoms with van der Waals surface area (Å²) in [6, 6.07) is 10.1. The van der Waals surface area contributed by atoms with Crippen LogP contribution in [0.5, 0.6) is 0 Å². The van der Waals surface area contributed by atoms with Crippen LogP contribution in [0.15, 0.2) is 46.9 Å². The predicted molar refractivity (Wildman–Crippen MR) is 44.7 cm³/mol. The van der Waals surface area contributed by atoms with Gasteiger partial charge in [0.25, 0.3) is 0 Å². The standard InChI is InChI=1S/C9H8N3/c1-2-4-9(5-3-1)8-12-7-6-10-11-12/h1-5,7H,8H2/q+1. The van der Waals surface area contributed by atoms with E-state index >= 15 is 0 Å². The van der Waals surface area contributed by atoms with Crippen LogP contribution in [0, 0.1) is 6.20 Å². The van der Waals surface area contributed by atoms with Gasteiger partial charge in [-0.1, -0.05) is 30.3 Å². The predicted octanol–water partition coefficient (Wildman–Crippen LogP) is 2.14. The summed E-state index contributed by atoms with van der Waals surface area (Å²) in [5.41, 5.74) is 1.22. The Morgan fingerprint density at radius 1 is 1.25 bits per heavy atom. The van der Waals surface area contributed by atoms with Crippen molar-refractivity contribution in [3.8, 4) is 0 Å². The van der Waals surface area contributed by atoms with E-state index in [9.17, 15) is 0 Å². The lowest BCUT2D eigenvalue weighted by atomic mass is 10.2. The highest BCUT2D eigenvalue weighted by Gasteiger charge is 2.11. The van der Waals surface area contributed by atoms with Crippen LogP contribution >= 0.6 is 0 Å². The normalized spacial score (nSPS) is 13.5. The van der Waals surface area contributed by atoms with E-state index in [2.05, 4.69) is 28.7 Å². The Kier molecular flexibility index (Phi) is 1.80. The Morgan fingerprint density at radius 3 is 2.75 bits per heavy atom. The molecule has 0 atom stereocenters. The van der Waals surface area contributed by atoms with Crippen molar-refractivity contribution in [2.45, 2.75) is 6.54 Å². The summed E-state index contributed by atoms with van der Waals surface area (Å²) in [7, 11) is 0. The minimum Gasteiger partial charge on any atom is -0.196 e. The molecule has 1 aliphatic rings. The zero-order valence-corrected chi connectivity index (χ0v) is 6.51. The van der Waals surface area contributed by atoms with Gasteiger partial charge in [0, 0.05) is 0 Å². The molecule has 0 amide bonds. The second kappa shape index (κ2) is 3.11. The second-order valence-electron chi connectivity index (χ2n) is 2.53. The molecular formula is C9H8N3+. The first-order valence-electron chi connectivity index (χ1n) is 3.75. The van der Waals surface area contributed by atoms with Crippen molar-refractivity contribution < 1.29 is 0 Å². The molecule has 0 saturated heterocycles. The van der Waals surface area contributed by atoms with Crippen molar-refractivity contribution in [3.63, 3.8) is 0 Å². The fourth-order valence-corrected chi connectivity index (χ4v) is 1.05. The van der Waals surface area contributed by atoms with Crippen molar-refractivity contribution in [2.75, 3.05) is 0 Å². The molecule has 1 heterocycles. The zero-order chi connectivity index (χ0) is 8.23. The first-order chi connectivity index (χ1) is 5.95. The van der Waals surface area contributed by atoms with Gasteiger partial charge in [0.2, 0.25) is 0 Å². The third-order valence-corrected chi connectivity index (χ3v) is 1.61. The topological polar surface area (TPSA) is 28.0 Å². The van der Waals surface area contributed by atoms with Gasteiger partial charge < -0.3 is 0 Å². The molecule has 0 spiro atoms. The molecule has 58 valence electrons. The van der Waals surface area contributed by atoms with Gasteiger partial charge in [-0.15, -0.1) is 0 Å². The first kappa shape index (κ1) is 6.95. The largest absolute Gasteiger partial charge is 0.445 e. The maximum atomic E-state index is 3.82. The molecule has 0 aromatic heterocycles. The average Bonchev–Trinajstić information content (AvgIpc) is 2.59. The second-order valence-corrected chi connectivity index (χ2v) is 2.53. The van der Waals surface area contributed by atoms with Crippen molar-refractivity contribution in [3.05, 3.63) is 48.3 Å². The van der Waals surface area contributed by atoms with Crippen LogP contribution in [0.3, 0.4) is 0 Å². The van der Waals surface area contributed by atoms with Gasteiger partial charge in [-0.3, -0.25) is 0 Å². The summed E-state index contributed by atoms with van der Waals surface area (Å²) >= 11 is 0. The number of nitrogens with zero attached hydrogens (tertiary/aromatic N) is 3. The molecule has 0 unspecified atom stereocenters. The van der Waals surface area contributed by atoms with Crippen LogP contribution in [-0.4, -0.2) is 5.01 Å². The van der Waals surface area contributed by atoms with Crippen LogP contribution in [-0.2, 0) is 6.54 Å². The molecule has 0 aliphatic carbocycles. The van der Waals surface area contributed by atoms with Gasteiger partial charge in [0.1, 0.15) is 5.11 Å². The number of hydrogen-bond donors (Lipinski definition) is 0. The Hall–Kier alpha value is -1.73. The fraction of sp³-hybridized carbons (Fsp3) is 0.111. The highest BCUT2D eigenvalue weighted by Crippen LogP contribution is 2.08. The van der Waals surface area contributed by atoms with Crippen LogP contribution in [0.1, 0.15) is 5.56 Å². The van der Waals surface area contributed by atoms with Crippen LogP contribution in [0.2, 0.25) is 0 Å². The summed E-state index contributed by atoms with van der Waals surface area (Å²) in [6.45, 7) is 0.761. The van der Waals surface area contributed by atoms with Crippen molar-refractivity contribution >= 4 is 0 Å². The molecule has 0 bridgehead atoms. The van der Waals surface area contributed by atoms with Gasteiger partial charge in [-0.25, -0.2) is 0 Å². The number of benzene rings is 1.